The van der Waals surface area contributed by atoms with E-state index in [9.17, 15) is 9.90 Å². The molecule has 4 heteroatoms. The van der Waals surface area contributed by atoms with Crippen molar-refractivity contribution in [2.24, 2.45) is 0 Å². The predicted octanol–water partition coefficient (Wildman–Crippen LogP) is 2.86. The van der Waals surface area contributed by atoms with Crippen molar-refractivity contribution in [2.75, 3.05) is 11.4 Å². The average Bonchev–Trinajstić information content (AvgIpc) is 2.91. The number of carboxylic acids is 1. The summed E-state index contributed by atoms with van der Waals surface area (Å²) < 4.78 is 5.37. The highest BCUT2D eigenvalue weighted by molar-refractivity contribution is 5.80. The van der Waals surface area contributed by atoms with Crippen LogP contribution in [0.3, 0.4) is 0 Å². The number of anilines is 1. The van der Waals surface area contributed by atoms with E-state index in [1.165, 1.54) is 0 Å². The largest absolute Gasteiger partial charge is 0.481 e. The first-order chi connectivity index (χ1) is 9.25. The molecule has 98 valence electrons. The van der Waals surface area contributed by atoms with Crippen LogP contribution < -0.4 is 4.90 Å². The second-order valence-corrected chi connectivity index (χ2v) is 4.74. The summed E-state index contributed by atoms with van der Waals surface area (Å²) in [6, 6.07) is 11.5. The van der Waals surface area contributed by atoms with E-state index in [0.29, 0.717) is 13.0 Å². The van der Waals surface area contributed by atoms with Crippen LogP contribution in [0.15, 0.2) is 47.1 Å². The van der Waals surface area contributed by atoms with E-state index >= 15 is 0 Å². The van der Waals surface area contributed by atoms with Gasteiger partial charge < -0.3 is 14.4 Å². The molecule has 1 aliphatic heterocycles. The quantitative estimate of drug-likeness (QED) is 0.918. The Bertz CT molecular complexity index is 577. The lowest BCUT2D eigenvalue weighted by atomic mass is 9.90. The Labute approximate surface area is 111 Å². The Morgan fingerprint density at radius 3 is 2.89 bits per heavy atom. The first kappa shape index (κ1) is 11.8. The van der Waals surface area contributed by atoms with E-state index in [4.69, 9.17) is 4.42 Å². The Morgan fingerprint density at radius 1 is 1.32 bits per heavy atom. The SMILES string of the molecule is O=C(O)C1CCN(Cc2ccco2)c2ccccc21. The molecular weight excluding hydrogens is 242 g/mol. The molecule has 19 heavy (non-hydrogen) atoms. The number of fused-ring (bicyclic) bond motifs is 1. The number of carboxylic acid groups (broad SMARTS) is 1. The fourth-order valence-corrected chi connectivity index (χ4v) is 2.64. The van der Waals surface area contributed by atoms with Crippen LogP contribution in [-0.4, -0.2) is 17.6 Å². The molecule has 1 aliphatic rings. The van der Waals surface area contributed by atoms with Crippen molar-refractivity contribution >= 4 is 11.7 Å². The number of nitrogens with zero attached hydrogens (tertiary/aromatic N) is 1. The molecule has 1 atom stereocenters. The van der Waals surface area contributed by atoms with Gasteiger partial charge in [-0.05, 0) is 30.2 Å². The maximum atomic E-state index is 11.3. The third kappa shape index (κ3) is 2.21. The van der Waals surface area contributed by atoms with Gasteiger partial charge in [-0.25, -0.2) is 0 Å². The van der Waals surface area contributed by atoms with Crippen LogP contribution in [0.5, 0.6) is 0 Å². The summed E-state index contributed by atoms with van der Waals surface area (Å²) in [6.07, 6.45) is 2.29. The van der Waals surface area contributed by atoms with Gasteiger partial charge in [0, 0.05) is 12.2 Å². The molecule has 0 radical (unpaired) electrons. The van der Waals surface area contributed by atoms with Gasteiger partial charge in [-0.1, -0.05) is 18.2 Å². The van der Waals surface area contributed by atoms with Crippen molar-refractivity contribution < 1.29 is 14.3 Å². The minimum Gasteiger partial charge on any atom is -0.481 e. The third-order valence-electron chi connectivity index (χ3n) is 3.57. The summed E-state index contributed by atoms with van der Waals surface area (Å²) >= 11 is 0. The molecule has 1 aromatic heterocycles. The lowest BCUT2D eigenvalue weighted by Crippen LogP contribution is -2.32. The third-order valence-corrected chi connectivity index (χ3v) is 3.57. The fraction of sp³-hybridized carbons (Fsp3) is 0.267. The van der Waals surface area contributed by atoms with E-state index < -0.39 is 11.9 Å². The Hall–Kier alpha value is -2.23. The number of hydrogen-bond donors (Lipinski definition) is 1. The lowest BCUT2D eigenvalue weighted by molar-refractivity contribution is -0.139. The maximum absolute atomic E-state index is 11.3. The topological polar surface area (TPSA) is 53.7 Å². The second-order valence-electron chi connectivity index (χ2n) is 4.74. The van der Waals surface area contributed by atoms with E-state index in [-0.39, 0.29) is 0 Å². The smallest absolute Gasteiger partial charge is 0.311 e. The summed E-state index contributed by atoms with van der Waals surface area (Å²) in [4.78, 5) is 13.5. The Balaban J connectivity index is 1.92. The van der Waals surface area contributed by atoms with Crippen LogP contribution in [0, 0.1) is 0 Å². The zero-order chi connectivity index (χ0) is 13.2. The molecule has 3 rings (SSSR count). The highest BCUT2D eigenvalue weighted by Gasteiger charge is 2.29. The molecule has 2 aromatic rings. The number of aliphatic carboxylic acids is 1. The van der Waals surface area contributed by atoms with Gasteiger partial charge in [0.1, 0.15) is 5.76 Å². The highest BCUT2D eigenvalue weighted by Crippen LogP contribution is 2.36. The summed E-state index contributed by atoms with van der Waals surface area (Å²) in [7, 11) is 0. The number of benzene rings is 1. The first-order valence-corrected chi connectivity index (χ1v) is 6.35. The highest BCUT2D eigenvalue weighted by atomic mass is 16.4. The minimum absolute atomic E-state index is 0.399. The Morgan fingerprint density at radius 2 is 2.16 bits per heavy atom. The summed E-state index contributed by atoms with van der Waals surface area (Å²) in [6.45, 7) is 1.41. The molecule has 1 N–H and O–H groups in total. The number of para-hydroxylation sites is 1. The fourth-order valence-electron chi connectivity index (χ4n) is 2.64. The molecule has 4 nitrogen and oxygen atoms in total. The van der Waals surface area contributed by atoms with E-state index in [1.54, 1.807) is 6.26 Å². The van der Waals surface area contributed by atoms with Gasteiger partial charge in [-0.2, -0.15) is 0 Å². The van der Waals surface area contributed by atoms with Crippen LogP contribution in [0.4, 0.5) is 5.69 Å². The van der Waals surface area contributed by atoms with Crippen LogP contribution in [0.25, 0.3) is 0 Å². The predicted molar refractivity (Wildman–Crippen MR) is 71.2 cm³/mol. The van der Waals surface area contributed by atoms with Crippen LogP contribution in [-0.2, 0) is 11.3 Å². The van der Waals surface area contributed by atoms with Crippen molar-refractivity contribution in [3.05, 3.63) is 54.0 Å². The van der Waals surface area contributed by atoms with Crippen LogP contribution >= 0.6 is 0 Å². The zero-order valence-electron chi connectivity index (χ0n) is 10.5. The second kappa shape index (κ2) is 4.80. The minimum atomic E-state index is -0.745. The molecule has 2 heterocycles. The van der Waals surface area contributed by atoms with E-state index in [2.05, 4.69) is 4.90 Å². The molecular formula is C15H15NO3. The molecule has 0 saturated heterocycles. The van der Waals surface area contributed by atoms with Crippen LogP contribution in [0.1, 0.15) is 23.7 Å². The summed E-state index contributed by atoms with van der Waals surface area (Å²) in [5.74, 6) is -0.252. The molecule has 1 aromatic carbocycles. The standard InChI is InChI=1S/C15H15NO3/c17-15(18)13-7-8-16(10-11-4-3-9-19-11)14-6-2-1-5-12(13)14/h1-6,9,13H,7-8,10H2,(H,17,18). The number of rotatable bonds is 3. The van der Waals surface area contributed by atoms with Crippen molar-refractivity contribution in [1.29, 1.82) is 0 Å². The molecule has 1 unspecified atom stereocenters. The van der Waals surface area contributed by atoms with Gasteiger partial charge >= 0.3 is 5.97 Å². The van der Waals surface area contributed by atoms with Crippen molar-refractivity contribution in [2.45, 2.75) is 18.9 Å². The average molecular weight is 257 g/mol. The van der Waals surface area contributed by atoms with Crippen molar-refractivity contribution in [1.82, 2.24) is 0 Å². The van der Waals surface area contributed by atoms with Gasteiger partial charge in [0.25, 0.3) is 0 Å². The maximum Gasteiger partial charge on any atom is 0.311 e. The van der Waals surface area contributed by atoms with Gasteiger partial charge in [0.15, 0.2) is 0 Å². The van der Waals surface area contributed by atoms with Crippen molar-refractivity contribution in [3.63, 3.8) is 0 Å². The zero-order valence-corrected chi connectivity index (χ0v) is 10.5. The van der Waals surface area contributed by atoms with E-state index in [0.717, 1.165) is 23.6 Å². The van der Waals surface area contributed by atoms with E-state index in [1.807, 2.05) is 36.4 Å². The molecule has 0 bridgehead atoms. The normalized spacial score (nSPS) is 18.1. The molecule has 0 amide bonds. The molecule has 0 aliphatic carbocycles. The van der Waals surface area contributed by atoms with Crippen molar-refractivity contribution in [3.8, 4) is 0 Å². The lowest BCUT2D eigenvalue weighted by Gasteiger charge is -2.33. The van der Waals surface area contributed by atoms with Gasteiger partial charge in [0.05, 0.1) is 18.7 Å². The number of furan rings is 1. The number of carbonyl (C=O) groups is 1. The summed E-state index contributed by atoms with van der Waals surface area (Å²) in [5.41, 5.74) is 1.89. The molecule has 0 fully saturated rings. The molecule has 0 saturated carbocycles. The molecule has 0 spiro atoms. The van der Waals surface area contributed by atoms with Crippen LogP contribution in [0.2, 0.25) is 0 Å². The monoisotopic (exact) mass is 257 g/mol. The van der Waals surface area contributed by atoms with Gasteiger partial charge in [0.2, 0.25) is 0 Å². The Kier molecular flexibility index (Phi) is 2.99. The van der Waals surface area contributed by atoms with Gasteiger partial charge in [-0.15, -0.1) is 0 Å². The van der Waals surface area contributed by atoms with Gasteiger partial charge in [-0.3, -0.25) is 4.79 Å². The first-order valence-electron chi connectivity index (χ1n) is 6.35. The summed E-state index contributed by atoms with van der Waals surface area (Å²) in [5, 5.41) is 9.29. The number of hydrogen-bond acceptors (Lipinski definition) is 3.